The van der Waals surface area contributed by atoms with Crippen LogP contribution in [-0.4, -0.2) is 12.6 Å². The lowest BCUT2D eigenvalue weighted by Gasteiger charge is -2.10. The summed E-state index contributed by atoms with van der Waals surface area (Å²) in [6.07, 6.45) is 3.58. The van der Waals surface area contributed by atoms with Crippen molar-refractivity contribution in [1.29, 1.82) is 0 Å². The molecule has 2 N–H and O–H groups in total. The summed E-state index contributed by atoms with van der Waals surface area (Å²) in [5.74, 6) is 0.968. The first kappa shape index (κ1) is 12.1. The second-order valence-corrected chi connectivity index (χ2v) is 4.06. The molecular formula is C13H21NO. The Labute approximate surface area is 92.4 Å². The van der Waals surface area contributed by atoms with Gasteiger partial charge in [0.2, 0.25) is 0 Å². The van der Waals surface area contributed by atoms with Crippen molar-refractivity contribution in [3.05, 3.63) is 29.8 Å². The summed E-state index contributed by atoms with van der Waals surface area (Å²) in [6, 6.07) is 8.32. The van der Waals surface area contributed by atoms with Gasteiger partial charge in [0.15, 0.2) is 0 Å². The van der Waals surface area contributed by atoms with Gasteiger partial charge in [-0.15, -0.1) is 0 Å². The van der Waals surface area contributed by atoms with E-state index in [2.05, 4.69) is 18.2 Å². The quantitative estimate of drug-likeness (QED) is 0.728. The van der Waals surface area contributed by atoms with Crippen molar-refractivity contribution in [2.24, 2.45) is 5.73 Å². The first-order chi connectivity index (χ1) is 7.22. The van der Waals surface area contributed by atoms with Crippen LogP contribution in [0.1, 0.15) is 32.3 Å². The average Bonchev–Trinajstić information content (AvgIpc) is 2.18. The van der Waals surface area contributed by atoms with E-state index in [4.69, 9.17) is 10.5 Å². The van der Waals surface area contributed by atoms with Gasteiger partial charge in [-0.05, 0) is 57.4 Å². The van der Waals surface area contributed by atoms with Gasteiger partial charge in [0.05, 0.1) is 6.10 Å². The van der Waals surface area contributed by atoms with Crippen molar-refractivity contribution >= 4 is 0 Å². The van der Waals surface area contributed by atoms with E-state index in [1.165, 1.54) is 5.56 Å². The van der Waals surface area contributed by atoms with Crippen molar-refractivity contribution in [3.8, 4) is 5.75 Å². The monoisotopic (exact) mass is 207 g/mol. The van der Waals surface area contributed by atoms with Crippen LogP contribution in [0, 0.1) is 0 Å². The molecule has 1 aromatic rings. The molecule has 0 spiro atoms. The van der Waals surface area contributed by atoms with E-state index in [9.17, 15) is 0 Å². The number of hydrogen-bond donors (Lipinski definition) is 1. The molecule has 0 bridgehead atoms. The standard InChI is InChI=1S/C13H21NO/c1-11(2)15-13-8-5-7-12(10-13)6-3-4-9-14/h5,7-8,10-11H,3-4,6,9,14H2,1-2H3. The number of aryl methyl sites for hydroxylation is 1. The molecule has 0 fully saturated rings. The largest absolute Gasteiger partial charge is 0.491 e. The predicted molar refractivity (Wildman–Crippen MR) is 64.2 cm³/mol. The van der Waals surface area contributed by atoms with Gasteiger partial charge in [0, 0.05) is 0 Å². The van der Waals surface area contributed by atoms with Gasteiger partial charge >= 0.3 is 0 Å². The van der Waals surface area contributed by atoms with E-state index in [1.54, 1.807) is 0 Å². The molecular weight excluding hydrogens is 186 g/mol. The smallest absolute Gasteiger partial charge is 0.119 e. The Morgan fingerprint density at radius 1 is 1.27 bits per heavy atom. The van der Waals surface area contributed by atoms with Gasteiger partial charge in [0.25, 0.3) is 0 Å². The summed E-state index contributed by atoms with van der Waals surface area (Å²) in [5.41, 5.74) is 6.80. The molecule has 0 heterocycles. The zero-order valence-electron chi connectivity index (χ0n) is 9.70. The maximum absolute atomic E-state index is 5.64. The lowest BCUT2D eigenvalue weighted by Crippen LogP contribution is -2.05. The topological polar surface area (TPSA) is 35.2 Å². The number of benzene rings is 1. The molecule has 2 heteroatoms. The molecule has 0 amide bonds. The molecule has 0 saturated carbocycles. The zero-order valence-corrected chi connectivity index (χ0v) is 9.70. The normalized spacial score (nSPS) is 10.7. The molecule has 0 aliphatic rings. The van der Waals surface area contributed by atoms with Gasteiger partial charge in [-0.1, -0.05) is 12.1 Å². The molecule has 15 heavy (non-hydrogen) atoms. The number of rotatable bonds is 6. The summed E-state index contributed by atoms with van der Waals surface area (Å²) >= 11 is 0. The van der Waals surface area contributed by atoms with Crippen molar-refractivity contribution in [2.75, 3.05) is 6.54 Å². The Balaban J connectivity index is 2.50. The fourth-order valence-electron chi connectivity index (χ4n) is 1.52. The molecule has 1 aromatic carbocycles. The molecule has 0 aliphatic heterocycles. The summed E-state index contributed by atoms with van der Waals surface area (Å²) < 4.78 is 5.64. The van der Waals surface area contributed by atoms with Crippen LogP contribution in [0.3, 0.4) is 0 Å². The molecule has 0 saturated heterocycles. The summed E-state index contributed by atoms with van der Waals surface area (Å²) in [7, 11) is 0. The second-order valence-electron chi connectivity index (χ2n) is 4.06. The van der Waals surface area contributed by atoms with Crippen LogP contribution < -0.4 is 10.5 Å². The third-order valence-electron chi connectivity index (χ3n) is 2.19. The molecule has 0 unspecified atom stereocenters. The summed E-state index contributed by atoms with van der Waals surface area (Å²) in [4.78, 5) is 0. The first-order valence-corrected chi connectivity index (χ1v) is 5.68. The Hall–Kier alpha value is -1.02. The molecule has 0 aromatic heterocycles. The first-order valence-electron chi connectivity index (χ1n) is 5.68. The van der Waals surface area contributed by atoms with Gasteiger partial charge in [-0.3, -0.25) is 0 Å². The molecule has 1 rings (SSSR count). The van der Waals surface area contributed by atoms with Gasteiger partial charge in [-0.2, -0.15) is 0 Å². The number of unbranched alkanes of at least 4 members (excludes halogenated alkanes) is 1. The average molecular weight is 207 g/mol. The lowest BCUT2D eigenvalue weighted by molar-refractivity contribution is 0.242. The van der Waals surface area contributed by atoms with Crippen LogP contribution in [0.15, 0.2) is 24.3 Å². The van der Waals surface area contributed by atoms with Crippen molar-refractivity contribution in [1.82, 2.24) is 0 Å². The molecule has 84 valence electrons. The SMILES string of the molecule is CC(C)Oc1cccc(CCCCN)c1. The van der Waals surface area contributed by atoms with Crippen LogP contribution in [0.4, 0.5) is 0 Å². The highest BCUT2D eigenvalue weighted by atomic mass is 16.5. The van der Waals surface area contributed by atoms with E-state index in [0.717, 1.165) is 31.6 Å². The Kier molecular flexibility index (Phi) is 5.19. The minimum Gasteiger partial charge on any atom is -0.491 e. The van der Waals surface area contributed by atoms with Gasteiger partial charge < -0.3 is 10.5 Å². The van der Waals surface area contributed by atoms with Crippen LogP contribution in [-0.2, 0) is 6.42 Å². The Morgan fingerprint density at radius 3 is 2.73 bits per heavy atom. The van der Waals surface area contributed by atoms with Crippen LogP contribution in [0.2, 0.25) is 0 Å². The minimum atomic E-state index is 0.240. The highest BCUT2D eigenvalue weighted by Gasteiger charge is 1.99. The van der Waals surface area contributed by atoms with Crippen molar-refractivity contribution in [2.45, 2.75) is 39.2 Å². The number of ether oxygens (including phenoxy) is 1. The predicted octanol–water partition coefficient (Wildman–Crippen LogP) is 2.76. The van der Waals surface area contributed by atoms with Crippen LogP contribution in [0.25, 0.3) is 0 Å². The fraction of sp³-hybridized carbons (Fsp3) is 0.538. The lowest BCUT2D eigenvalue weighted by atomic mass is 10.1. The van der Waals surface area contributed by atoms with E-state index in [1.807, 2.05) is 19.9 Å². The third-order valence-corrected chi connectivity index (χ3v) is 2.19. The maximum Gasteiger partial charge on any atom is 0.119 e. The van der Waals surface area contributed by atoms with E-state index in [0.29, 0.717) is 0 Å². The van der Waals surface area contributed by atoms with Crippen molar-refractivity contribution in [3.63, 3.8) is 0 Å². The Morgan fingerprint density at radius 2 is 2.07 bits per heavy atom. The highest BCUT2D eigenvalue weighted by molar-refractivity contribution is 5.28. The molecule has 2 nitrogen and oxygen atoms in total. The summed E-state index contributed by atoms with van der Waals surface area (Å²) in [6.45, 7) is 4.87. The van der Waals surface area contributed by atoms with E-state index in [-0.39, 0.29) is 6.10 Å². The number of hydrogen-bond acceptors (Lipinski definition) is 2. The van der Waals surface area contributed by atoms with E-state index < -0.39 is 0 Å². The minimum absolute atomic E-state index is 0.240. The fourth-order valence-corrected chi connectivity index (χ4v) is 1.52. The highest BCUT2D eigenvalue weighted by Crippen LogP contribution is 2.16. The molecule has 0 radical (unpaired) electrons. The van der Waals surface area contributed by atoms with Gasteiger partial charge in [0.1, 0.15) is 5.75 Å². The van der Waals surface area contributed by atoms with Gasteiger partial charge in [-0.25, -0.2) is 0 Å². The number of nitrogens with two attached hydrogens (primary N) is 1. The maximum atomic E-state index is 5.64. The third kappa shape index (κ3) is 4.84. The molecule has 0 aliphatic carbocycles. The van der Waals surface area contributed by atoms with E-state index >= 15 is 0 Å². The summed E-state index contributed by atoms with van der Waals surface area (Å²) in [5, 5.41) is 0. The zero-order chi connectivity index (χ0) is 11.1. The molecule has 0 atom stereocenters. The van der Waals surface area contributed by atoms with Crippen LogP contribution >= 0.6 is 0 Å². The van der Waals surface area contributed by atoms with Crippen LogP contribution in [0.5, 0.6) is 5.75 Å². The Bertz CT molecular complexity index is 284. The second kappa shape index (κ2) is 6.46. The van der Waals surface area contributed by atoms with Crippen molar-refractivity contribution < 1.29 is 4.74 Å².